The molecule has 1 aliphatic heterocycles. The maximum atomic E-state index is 12.3. The van der Waals surface area contributed by atoms with Crippen LogP contribution in [-0.2, 0) is 17.8 Å². The average molecular weight is 311 g/mol. The molecule has 5 nitrogen and oxygen atoms in total. The number of aryl methyl sites for hydroxylation is 1. The highest BCUT2D eigenvalue weighted by Gasteiger charge is 2.24. The number of carboxylic acid groups (broad SMARTS) is 1. The van der Waals surface area contributed by atoms with Crippen molar-refractivity contribution in [3.05, 3.63) is 59.2 Å². The molecule has 0 unspecified atom stereocenters. The highest BCUT2D eigenvalue weighted by Crippen LogP contribution is 2.32. The van der Waals surface area contributed by atoms with Crippen molar-refractivity contribution in [2.45, 2.75) is 19.4 Å². The number of anilines is 1. The quantitative estimate of drug-likeness (QED) is 0.943. The molecular weight excluding hydrogens is 294 g/mol. The van der Waals surface area contributed by atoms with E-state index in [4.69, 9.17) is 9.84 Å². The molecule has 0 spiro atoms. The Morgan fingerprint density at radius 1 is 1.17 bits per heavy atom. The molecule has 0 bridgehead atoms. The number of benzene rings is 2. The molecule has 1 aliphatic rings. The van der Waals surface area contributed by atoms with Gasteiger partial charge in [0.25, 0.3) is 0 Å². The first-order valence-electron chi connectivity index (χ1n) is 7.38. The Bertz CT molecular complexity index is 752. The number of carbonyl (C=O) groups is 2. The van der Waals surface area contributed by atoms with Crippen LogP contribution in [0.25, 0.3) is 0 Å². The van der Waals surface area contributed by atoms with Crippen LogP contribution in [0.4, 0.5) is 5.69 Å². The monoisotopic (exact) mass is 311 g/mol. The number of hydrogen-bond acceptors (Lipinski definition) is 3. The summed E-state index contributed by atoms with van der Waals surface area (Å²) in [4.78, 5) is 25.0. The first-order valence-corrected chi connectivity index (χ1v) is 7.38. The van der Waals surface area contributed by atoms with E-state index in [0.717, 1.165) is 23.2 Å². The van der Waals surface area contributed by atoms with Crippen LogP contribution in [0.3, 0.4) is 0 Å². The Kier molecular flexibility index (Phi) is 4.02. The Morgan fingerprint density at radius 3 is 2.57 bits per heavy atom. The summed E-state index contributed by atoms with van der Waals surface area (Å²) in [5.74, 6) is -0.182. The van der Waals surface area contributed by atoms with Crippen molar-refractivity contribution >= 4 is 17.6 Å². The molecule has 118 valence electrons. The van der Waals surface area contributed by atoms with Crippen molar-refractivity contribution < 1.29 is 19.4 Å². The molecule has 5 heteroatoms. The summed E-state index contributed by atoms with van der Waals surface area (Å²) in [7, 11) is 1.60. The molecule has 0 fully saturated rings. The van der Waals surface area contributed by atoms with Gasteiger partial charge in [0.1, 0.15) is 5.75 Å². The summed E-state index contributed by atoms with van der Waals surface area (Å²) >= 11 is 0. The van der Waals surface area contributed by atoms with Crippen molar-refractivity contribution in [1.82, 2.24) is 0 Å². The summed E-state index contributed by atoms with van der Waals surface area (Å²) in [6.45, 7) is 0.416. The average Bonchev–Trinajstić information content (AvgIpc) is 2.57. The van der Waals surface area contributed by atoms with E-state index >= 15 is 0 Å². The largest absolute Gasteiger partial charge is 0.497 e. The second kappa shape index (κ2) is 6.12. The van der Waals surface area contributed by atoms with Gasteiger partial charge < -0.3 is 14.7 Å². The van der Waals surface area contributed by atoms with Crippen molar-refractivity contribution in [3.8, 4) is 5.75 Å². The number of methoxy groups -OCH3 is 1. The lowest BCUT2D eigenvalue weighted by molar-refractivity contribution is -0.119. The van der Waals surface area contributed by atoms with Gasteiger partial charge >= 0.3 is 5.97 Å². The van der Waals surface area contributed by atoms with E-state index in [1.165, 1.54) is 0 Å². The highest BCUT2D eigenvalue weighted by atomic mass is 16.5. The van der Waals surface area contributed by atoms with Crippen LogP contribution in [0.15, 0.2) is 42.5 Å². The van der Waals surface area contributed by atoms with Gasteiger partial charge in [-0.3, -0.25) is 4.79 Å². The van der Waals surface area contributed by atoms with Crippen LogP contribution >= 0.6 is 0 Å². The first kappa shape index (κ1) is 15.1. The Hall–Kier alpha value is -2.82. The number of fused-ring (bicyclic) bond motifs is 1. The van der Waals surface area contributed by atoms with Gasteiger partial charge in [-0.25, -0.2) is 4.79 Å². The maximum Gasteiger partial charge on any atom is 0.335 e. The Morgan fingerprint density at radius 2 is 1.91 bits per heavy atom. The standard InChI is InChI=1S/C18H17NO4/c1-23-15-8-6-13-7-9-17(20)19(16(13)10-15)11-12-2-4-14(5-3-12)18(21)22/h2-6,8,10H,7,9,11H2,1H3,(H,21,22). The zero-order chi connectivity index (χ0) is 16.4. The summed E-state index contributed by atoms with van der Waals surface area (Å²) in [5.41, 5.74) is 3.11. The lowest BCUT2D eigenvalue weighted by Crippen LogP contribution is -2.34. The third-order valence-corrected chi connectivity index (χ3v) is 4.03. The predicted octanol–water partition coefficient (Wildman–Crippen LogP) is 2.87. The van der Waals surface area contributed by atoms with E-state index in [0.29, 0.717) is 18.7 Å². The van der Waals surface area contributed by atoms with Gasteiger partial charge in [0.15, 0.2) is 0 Å². The number of amides is 1. The number of aromatic carboxylic acids is 1. The van der Waals surface area contributed by atoms with E-state index in [1.807, 2.05) is 18.2 Å². The zero-order valence-corrected chi connectivity index (χ0v) is 12.8. The minimum absolute atomic E-state index is 0.0630. The topological polar surface area (TPSA) is 66.8 Å². The van der Waals surface area contributed by atoms with Crippen molar-refractivity contribution in [2.75, 3.05) is 12.0 Å². The number of carboxylic acids is 1. The number of ether oxygens (including phenoxy) is 1. The van der Waals surface area contributed by atoms with Crippen LogP contribution in [0.1, 0.15) is 27.9 Å². The summed E-state index contributed by atoms with van der Waals surface area (Å²) in [6, 6.07) is 12.3. The second-order valence-electron chi connectivity index (χ2n) is 5.48. The van der Waals surface area contributed by atoms with Gasteiger partial charge in [-0.1, -0.05) is 18.2 Å². The smallest absolute Gasteiger partial charge is 0.335 e. The minimum Gasteiger partial charge on any atom is -0.497 e. The van der Waals surface area contributed by atoms with E-state index in [2.05, 4.69) is 0 Å². The van der Waals surface area contributed by atoms with Crippen molar-refractivity contribution in [3.63, 3.8) is 0 Å². The van der Waals surface area contributed by atoms with E-state index < -0.39 is 5.97 Å². The van der Waals surface area contributed by atoms with Gasteiger partial charge in [0.2, 0.25) is 5.91 Å². The molecule has 0 saturated carbocycles. The molecule has 0 radical (unpaired) electrons. The second-order valence-corrected chi connectivity index (χ2v) is 5.48. The minimum atomic E-state index is -0.958. The van der Waals surface area contributed by atoms with Crippen LogP contribution in [0.2, 0.25) is 0 Å². The number of carbonyl (C=O) groups excluding carboxylic acids is 1. The Balaban J connectivity index is 1.90. The van der Waals surface area contributed by atoms with Gasteiger partial charge in [0.05, 0.1) is 24.9 Å². The molecule has 2 aromatic carbocycles. The molecule has 0 saturated heterocycles. The molecule has 1 N–H and O–H groups in total. The summed E-state index contributed by atoms with van der Waals surface area (Å²) in [6.07, 6.45) is 1.21. The summed E-state index contributed by atoms with van der Waals surface area (Å²) < 4.78 is 5.25. The molecule has 1 amide bonds. The lowest BCUT2D eigenvalue weighted by Gasteiger charge is -2.30. The van der Waals surface area contributed by atoms with Gasteiger partial charge in [-0.15, -0.1) is 0 Å². The van der Waals surface area contributed by atoms with Crippen LogP contribution in [-0.4, -0.2) is 24.1 Å². The fourth-order valence-electron chi connectivity index (χ4n) is 2.75. The van der Waals surface area contributed by atoms with Crippen molar-refractivity contribution in [2.24, 2.45) is 0 Å². The maximum absolute atomic E-state index is 12.3. The molecule has 0 aliphatic carbocycles. The fraction of sp³-hybridized carbons (Fsp3) is 0.222. The SMILES string of the molecule is COc1ccc2c(c1)N(Cc1ccc(C(=O)O)cc1)C(=O)CC2. The molecular formula is C18H17NO4. The van der Waals surface area contributed by atoms with Crippen LogP contribution in [0, 0.1) is 0 Å². The highest BCUT2D eigenvalue weighted by molar-refractivity contribution is 5.96. The third kappa shape index (κ3) is 3.04. The van der Waals surface area contributed by atoms with Gasteiger partial charge in [0, 0.05) is 12.5 Å². The molecule has 2 aromatic rings. The number of rotatable bonds is 4. The zero-order valence-electron chi connectivity index (χ0n) is 12.8. The number of hydrogen-bond donors (Lipinski definition) is 1. The molecule has 0 aromatic heterocycles. The van der Waals surface area contributed by atoms with E-state index in [1.54, 1.807) is 36.3 Å². The molecule has 3 rings (SSSR count). The van der Waals surface area contributed by atoms with Crippen LogP contribution < -0.4 is 9.64 Å². The fourth-order valence-corrected chi connectivity index (χ4v) is 2.75. The summed E-state index contributed by atoms with van der Waals surface area (Å²) in [5, 5.41) is 8.95. The molecule has 1 heterocycles. The normalized spacial score (nSPS) is 13.6. The number of nitrogens with zero attached hydrogens (tertiary/aromatic N) is 1. The van der Waals surface area contributed by atoms with E-state index in [-0.39, 0.29) is 11.5 Å². The van der Waals surface area contributed by atoms with Gasteiger partial charge in [-0.05, 0) is 35.7 Å². The van der Waals surface area contributed by atoms with Crippen LogP contribution in [0.5, 0.6) is 5.75 Å². The van der Waals surface area contributed by atoms with E-state index in [9.17, 15) is 9.59 Å². The third-order valence-electron chi connectivity index (χ3n) is 4.03. The Labute approximate surface area is 134 Å². The first-order chi connectivity index (χ1) is 11.1. The molecule has 23 heavy (non-hydrogen) atoms. The lowest BCUT2D eigenvalue weighted by atomic mass is 10.00. The van der Waals surface area contributed by atoms with Gasteiger partial charge in [-0.2, -0.15) is 0 Å². The molecule has 0 atom stereocenters. The van der Waals surface area contributed by atoms with Crippen molar-refractivity contribution in [1.29, 1.82) is 0 Å². The predicted molar refractivity (Wildman–Crippen MR) is 85.9 cm³/mol.